The summed E-state index contributed by atoms with van der Waals surface area (Å²) in [6, 6.07) is 0. The fraction of sp³-hybridized carbons (Fsp3) is 1.00. The van der Waals surface area contributed by atoms with Crippen molar-refractivity contribution in [3.05, 3.63) is 0 Å². The number of piperidine rings is 1. The lowest BCUT2D eigenvalue weighted by Crippen LogP contribution is -2.64. The van der Waals surface area contributed by atoms with Gasteiger partial charge in [-0.15, -0.1) is 0 Å². The van der Waals surface area contributed by atoms with E-state index in [4.69, 9.17) is 16.0 Å². The second-order valence-electron chi connectivity index (χ2n) is 12.2. The van der Waals surface area contributed by atoms with Gasteiger partial charge in [-0.1, -0.05) is 39.3 Å². The third-order valence-electron chi connectivity index (χ3n) is 4.93. The van der Waals surface area contributed by atoms with E-state index in [0.717, 1.165) is 0 Å². The van der Waals surface area contributed by atoms with Crippen molar-refractivity contribution in [3.63, 3.8) is 0 Å². The van der Waals surface area contributed by atoms with Crippen LogP contribution in [0, 0.1) is 0 Å². The Bertz CT molecular complexity index is 539. The lowest BCUT2D eigenvalue weighted by molar-refractivity contribution is 0.0574. The van der Waals surface area contributed by atoms with Gasteiger partial charge in [-0.2, -0.15) is 0 Å². The predicted molar refractivity (Wildman–Crippen MR) is 127 cm³/mol. The SMILES string of the molecule is CC(C)(C)N=P(Cl)(N1C(C)(C)CCCC1(C)C)N([Si](C)(C)C)[Si](C)(C)C. The fourth-order valence-electron chi connectivity index (χ4n) is 5.00. The van der Waals surface area contributed by atoms with E-state index in [2.05, 4.69) is 96.4 Å². The molecule has 1 atom stereocenters. The molecule has 0 spiro atoms. The second kappa shape index (κ2) is 7.29. The first-order valence-corrected chi connectivity index (χ1v) is 19.5. The highest BCUT2D eigenvalue weighted by molar-refractivity contribution is 7.90. The number of nitrogens with zero attached hydrogens (tertiary/aromatic N) is 3. The molecule has 1 unspecified atom stereocenters. The van der Waals surface area contributed by atoms with Crippen molar-refractivity contribution in [2.45, 2.75) is 124 Å². The molecule has 0 aromatic heterocycles. The Morgan fingerprint density at radius 2 is 1.23 bits per heavy atom. The van der Waals surface area contributed by atoms with Crippen LogP contribution in [0.5, 0.6) is 0 Å². The molecule has 1 aliphatic rings. The van der Waals surface area contributed by atoms with Crippen molar-refractivity contribution in [1.29, 1.82) is 0 Å². The van der Waals surface area contributed by atoms with Crippen LogP contribution in [0.15, 0.2) is 4.74 Å². The summed E-state index contributed by atoms with van der Waals surface area (Å²) in [4.78, 5) is 0. The maximum absolute atomic E-state index is 7.87. The first kappa shape index (κ1) is 24.9. The summed E-state index contributed by atoms with van der Waals surface area (Å²) in [5.41, 5.74) is -0.0379. The Labute approximate surface area is 171 Å². The summed E-state index contributed by atoms with van der Waals surface area (Å²) in [5, 5.41) is 0. The first-order valence-electron chi connectivity index (χ1n) is 10.1. The zero-order valence-electron chi connectivity index (χ0n) is 19.8. The molecule has 3 nitrogen and oxygen atoms in total. The lowest BCUT2D eigenvalue weighted by Gasteiger charge is -2.62. The number of hydrogen-bond donors (Lipinski definition) is 0. The fourth-order valence-corrected chi connectivity index (χ4v) is 28.7. The highest BCUT2D eigenvalue weighted by atomic mass is 35.7. The molecule has 156 valence electrons. The summed E-state index contributed by atoms with van der Waals surface area (Å²) in [6.07, 6.45) is 3.65. The van der Waals surface area contributed by atoms with Crippen LogP contribution in [-0.2, 0) is 0 Å². The summed E-state index contributed by atoms with van der Waals surface area (Å²) in [6.45, 7) is 28.5. The summed E-state index contributed by atoms with van der Waals surface area (Å²) in [7, 11) is -3.38. The quantitative estimate of drug-likeness (QED) is 0.327. The Morgan fingerprint density at radius 1 is 0.885 bits per heavy atom. The smallest absolute Gasteiger partial charge is 0.175 e. The van der Waals surface area contributed by atoms with Crippen molar-refractivity contribution in [3.8, 4) is 0 Å². The Kier molecular flexibility index (Phi) is 6.98. The van der Waals surface area contributed by atoms with Crippen LogP contribution >= 0.6 is 17.9 Å². The molecule has 0 aliphatic carbocycles. The highest BCUT2D eigenvalue weighted by Crippen LogP contribution is 2.71. The van der Waals surface area contributed by atoms with E-state index in [1.165, 1.54) is 19.3 Å². The summed E-state index contributed by atoms with van der Waals surface area (Å²) >= 11 is 7.87. The predicted octanol–water partition coefficient (Wildman–Crippen LogP) is 7.98. The van der Waals surface area contributed by atoms with E-state index in [0.29, 0.717) is 0 Å². The largest absolute Gasteiger partial charge is 0.289 e. The minimum absolute atomic E-state index is 0.0591. The lowest BCUT2D eigenvalue weighted by atomic mass is 9.83. The minimum Gasteiger partial charge on any atom is -0.289 e. The van der Waals surface area contributed by atoms with E-state index in [1.807, 2.05) is 0 Å². The van der Waals surface area contributed by atoms with Gasteiger partial charge in [-0.25, -0.2) is 4.67 Å². The molecule has 7 heteroatoms. The molecule has 0 saturated carbocycles. The van der Waals surface area contributed by atoms with Crippen molar-refractivity contribution in [2.24, 2.45) is 4.74 Å². The molecule has 0 radical (unpaired) electrons. The van der Waals surface area contributed by atoms with E-state index in [1.54, 1.807) is 0 Å². The monoisotopic (exact) mass is 437 g/mol. The molecule has 26 heavy (non-hydrogen) atoms. The molecule has 1 heterocycles. The highest BCUT2D eigenvalue weighted by Gasteiger charge is 2.55. The van der Waals surface area contributed by atoms with Crippen molar-refractivity contribution < 1.29 is 0 Å². The van der Waals surface area contributed by atoms with E-state index in [-0.39, 0.29) is 16.6 Å². The summed E-state index contributed by atoms with van der Waals surface area (Å²) < 4.78 is 11.0. The van der Waals surface area contributed by atoms with Crippen LogP contribution < -0.4 is 0 Å². The summed E-state index contributed by atoms with van der Waals surface area (Å²) in [5.74, 6) is 0. The van der Waals surface area contributed by atoms with Crippen molar-refractivity contribution in [2.75, 3.05) is 0 Å². The van der Waals surface area contributed by atoms with Gasteiger partial charge in [0.25, 0.3) is 0 Å². The maximum atomic E-state index is 7.87. The van der Waals surface area contributed by atoms with Gasteiger partial charge >= 0.3 is 0 Å². The normalized spacial score (nSPS) is 24.4. The minimum atomic E-state index is -2.38. The molecule has 0 aromatic carbocycles. The molecule has 1 aliphatic heterocycles. The number of hydrogen-bond acceptors (Lipinski definition) is 1. The van der Waals surface area contributed by atoms with Crippen LogP contribution in [0.2, 0.25) is 39.3 Å². The standard InChI is InChI=1S/C19H45ClN3PSi2/c1-17(2,3)21-24(20,23(25(8,9)10)26(11,12)13)22-18(4,5)15-14-16-19(22,6)7/h14-16H2,1-13H3. The topological polar surface area (TPSA) is 18.8 Å². The molecular weight excluding hydrogens is 393 g/mol. The molecule has 0 aromatic rings. The van der Waals surface area contributed by atoms with Gasteiger partial charge in [-0.3, -0.25) is 8.75 Å². The average molecular weight is 438 g/mol. The maximum Gasteiger partial charge on any atom is 0.175 e. The molecule has 0 amide bonds. The average Bonchev–Trinajstić information content (AvgIpc) is 2.16. The van der Waals surface area contributed by atoms with Crippen LogP contribution in [-0.4, -0.2) is 41.8 Å². The molecule has 1 fully saturated rings. The van der Waals surface area contributed by atoms with Gasteiger partial charge in [0.15, 0.2) is 6.71 Å². The van der Waals surface area contributed by atoms with E-state index < -0.39 is 23.2 Å². The molecular formula is C19H45ClN3PSi2. The molecule has 0 N–H and O–H groups in total. The van der Waals surface area contributed by atoms with Crippen LogP contribution in [0.25, 0.3) is 0 Å². The second-order valence-corrected chi connectivity index (χ2v) is 26.3. The Hall–Kier alpha value is 0.874. The van der Waals surface area contributed by atoms with Gasteiger partial charge in [0.2, 0.25) is 0 Å². The third kappa shape index (κ3) is 5.48. The molecule has 1 saturated heterocycles. The molecule has 0 bridgehead atoms. The van der Waals surface area contributed by atoms with Crippen LogP contribution in [0.4, 0.5) is 0 Å². The zero-order chi connectivity index (χ0) is 21.0. The van der Waals surface area contributed by atoms with Crippen LogP contribution in [0.1, 0.15) is 67.7 Å². The van der Waals surface area contributed by atoms with Crippen molar-refractivity contribution in [1.82, 2.24) is 8.67 Å². The van der Waals surface area contributed by atoms with Gasteiger partial charge in [0.1, 0.15) is 16.5 Å². The molecule has 1 rings (SSSR count). The van der Waals surface area contributed by atoms with Gasteiger partial charge in [-0.05, 0) is 79.0 Å². The third-order valence-corrected chi connectivity index (χ3v) is 21.6. The van der Waals surface area contributed by atoms with E-state index in [9.17, 15) is 0 Å². The first-order chi connectivity index (χ1) is 11.1. The Morgan fingerprint density at radius 3 is 1.50 bits per heavy atom. The number of halogens is 1. The Balaban J connectivity index is 3.92. The zero-order valence-corrected chi connectivity index (χ0v) is 23.4. The van der Waals surface area contributed by atoms with Gasteiger partial charge < -0.3 is 0 Å². The number of rotatable bonds is 4. The van der Waals surface area contributed by atoms with Gasteiger partial charge in [0.05, 0.1) is 5.54 Å². The van der Waals surface area contributed by atoms with Crippen LogP contribution in [0.3, 0.4) is 0 Å². The van der Waals surface area contributed by atoms with Gasteiger partial charge in [0, 0.05) is 11.1 Å². The van der Waals surface area contributed by atoms with Crippen molar-refractivity contribution >= 4 is 34.4 Å². The van der Waals surface area contributed by atoms with E-state index >= 15 is 0 Å².